The fourth-order valence-electron chi connectivity index (χ4n) is 3.50. The molecule has 0 aliphatic rings. The Bertz CT molecular complexity index is 916. The van der Waals surface area contributed by atoms with Crippen LogP contribution in [0.1, 0.15) is 37.1 Å². The topological polar surface area (TPSA) is 43.0 Å². The van der Waals surface area contributed by atoms with Crippen LogP contribution in [0.4, 0.5) is 5.69 Å². The largest absolute Gasteiger partial charge is 0.388 e. The molecule has 3 rings (SSSR count). The molecule has 25 heavy (non-hydrogen) atoms. The van der Waals surface area contributed by atoms with Gasteiger partial charge in [-0.2, -0.15) is 0 Å². The number of anilines is 1. The van der Waals surface area contributed by atoms with Gasteiger partial charge >= 0.3 is 0 Å². The van der Waals surface area contributed by atoms with E-state index in [2.05, 4.69) is 80.7 Å². The molecule has 0 aliphatic carbocycles. The third kappa shape index (κ3) is 3.14. The molecule has 0 spiro atoms. The summed E-state index contributed by atoms with van der Waals surface area (Å²) in [6.07, 6.45) is 5.43. The van der Waals surface area contributed by atoms with Gasteiger partial charge < -0.3 is 11.2 Å². The molecule has 0 bridgehead atoms. The van der Waals surface area contributed by atoms with E-state index in [9.17, 15) is 0 Å². The predicted octanol–water partition coefficient (Wildman–Crippen LogP) is 5.09. The highest BCUT2D eigenvalue weighted by atomic mass is 15.3. The molecule has 1 aromatic heterocycles. The van der Waals surface area contributed by atoms with Gasteiger partial charge in [-0.15, -0.1) is 0 Å². The monoisotopic (exact) mass is 333 g/mol. The molecule has 3 aromatic rings. The molecular formula is C22H27N3. The normalized spacial score (nSPS) is 12.2. The first-order valence-electron chi connectivity index (χ1n) is 8.74. The van der Waals surface area contributed by atoms with Gasteiger partial charge in [0.2, 0.25) is 0 Å². The molecule has 0 atom stereocenters. The second kappa shape index (κ2) is 6.67. The summed E-state index contributed by atoms with van der Waals surface area (Å²) in [5.74, 6) is 6.20. The number of hydrogen-bond donors (Lipinski definition) is 2. The maximum atomic E-state index is 6.20. The van der Waals surface area contributed by atoms with Crippen LogP contribution in [0.25, 0.3) is 17.0 Å². The van der Waals surface area contributed by atoms with Crippen LogP contribution in [0.5, 0.6) is 0 Å². The Balaban J connectivity index is 1.90. The average molecular weight is 333 g/mol. The van der Waals surface area contributed by atoms with E-state index in [0.29, 0.717) is 0 Å². The van der Waals surface area contributed by atoms with E-state index in [0.717, 1.165) is 17.6 Å². The van der Waals surface area contributed by atoms with Crippen molar-refractivity contribution in [3.8, 4) is 0 Å². The maximum absolute atomic E-state index is 6.20. The van der Waals surface area contributed by atoms with Gasteiger partial charge in [-0.25, -0.2) is 0 Å². The lowest BCUT2D eigenvalue weighted by atomic mass is 9.80. The van der Waals surface area contributed by atoms with Crippen LogP contribution in [-0.2, 0) is 5.41 Å². The lowest BCUT2D eigenvalue weighted by Crippen LogP contribution is -2.17. The second-order valence-corrected chi connectivity index (χ2v) is 7.17. The first-order valence-corrected chi connectivity index (χ1v) is 8.74. The van der Waals surface area contributed by atoms with Crippen molar-refractivity contribution in [2.75, 3.05) is 18.2 Å². The summed E-state index contributed by atoms with van der Waals surface area (Å²) < 4.78 is 1.77. The molecule has 2 aromatic carbocycles. The molecule has 0 saturated carbocycles. The predicted molar refractivity (Wildman–Crippen MR) is 109 cm³/mol. The van der Waals surface area contributed by atoms with E-state index in [1.165, 1.54) is 22.2 Å². The lowest BCUT2D eigenvalue weighted by Gasteiger charge is -2.26. The Morgan fingerprint density at radius 2 is 1.76 bits per heavy atom. The third-order valence-electron chi connectivity index (χ3n) is 5.04. The van der Waals surface area contributed by atoms with Crippen LogP contribution < -0.4 is 11.2 Å². The van der Waals surface area contributed by atoms with E-state index >= 15 is 0 Å². The van der Waals surface area contributed by atoms with Crippen LogP contribution >= 0.6 is 0 Å². The Morgan fingerprint density at radius 1 is 1.08 bits per heavy atom. The van der Waals surface area contributed by atoms with Crippen molar-refractivity contribution >= 4 is 22.7 Å². The lowest BCUT2D eigenvalue weighted by molar-refractivity contribution is 0.536. The van der Waals surface area contributed by atoms with Crippen LogP contribution in [-0.4, -0.2) is 11.7 Å². The highest BCUT2D eigenvalue weighted by Crippen LogP contribution is 2.33. The summed E-state index contributed by atoms with van der Waals surface area (Å²) in [6, 6.07) is 16.8. The molecule has 1 heterocycles. The fourth-order valence-corrected chi connectivity index (χ4v) is 3.50. The summed E-state index contributed by atoms with van der Waals surface area (Å²) in [5, 5.41) is 4.50. The maximum Gasteiger partial charge on any atom is 0.0699 e. The van der Waals surface area contributed by atoms with Gasteiger partial charge in [-0.05, 0) is 36.5 Å². The zero-order chi connectivity index (χ0) is 18.0. The van der Waals surface area contributed by atoms with Crippen molar-refractivity contribution in [2.45, 2.75) is 32.6 Å². The number of rotatable bonds is 5. The zero-order valence-electron chi connectivity index (χ0n) is 15.5. The highest BCUT2D eigenvalue weighted by Gasteiger charge is 2.21. The van der Waals surface area contributed by atoms with Gasteiger partial charge in [0, 0.05) is 29.4 Å². The van der Waals surface area contributed by atoms with Crippen molar-refractivity contribution in [3.63, 3.8) is 0 Å². The molecule has 3 heteroatoms. The Morgan fingerprint density at radius 3 is 2.52 bits per heavy atom. The van der Waals surface area contributed by atoms with Gasteiger partial charge in [0.25, 0.3) is 0 Å². The number of nitrogens with one attached hydrogen (secondary N) is 1. The number of nitrogens with two attached hydrogens (primary N) is 1. The minimum Gasteiger partial charge on any atom is -0.388 e. The standard InChI is InChI=1S/C22H27N3/c1-16-17(18-10-5-8-14-21(18)25(16)23)11-9-15-22(2,3)19-12-6-7-13-20(19)24-4/h5-14,24H,15,23H2,1-4H3. The SMILES string of the molecule is CNc1ccccc1C(C)(C)CC=Cc1c(C)n(N)c2ccccc12. The number of nitrogens with zero attached hydrogens (tertiary/aromatic N) is 1. The molecular weight excluding hydrogens is 306 g/mol. The van der Waals surface area contributed by atoms with Gasteiger partial charge in [-0.1, -0.05) is 62.4 Å². The Hall–Kier alpha value is -2.68. The second-order valence-electron chi connectivity index (χ2n) is 7.17. The molecule has 0 radical (unpaired) electrons. The van der Waals surface area contributed by atoms with Crippen molar-refractivity contribution in [2.24, 2.45) is 0 Å². The number of allylic oxidation sites excluding steroid dienone is 1. The van der Waals surface area contributed by atoms with Crippen LogP contribution in [0.15, 0.2) is 54.6 Å². The summed E-state index contributed by atoms with van der Waals surface area (Å²) in [6.45, 7) is 6.64. The number of para-hydroxylation sites is 2. The van der Waals surface area contributed by atoms with Crippen molar-refractivity contribution in [1.82, 2.24) is 4.68 Å². The van der Waals surface area contributed by atoms with E-state index in [-0.39, 0.29) is 5.41 Å². The minimum atomic E-state index is 0.0467. The van der Waals surface area contributed by atoms with Crippen LogP contribution in [0.2, 0.25) is 0 Å². The molecule has 0 unspecified atom stereocenters. The van der Waals surface area contributed by atoms with E-state index in [1.807, 2.05) is 13.1 Å². The Labute approximate surface area is 150 Å². The summed E-state index contributed by atoms with van der Waals surface area (Å²) in [7, 11) is 1.98. The van der Waals surface area contributed by atoms with Crippen molar-refractivity contribution in [3.05, 3.63) is 71.4 Å². The van der Waals surface area contributed by atoms with Crippen molar-refractivity contribution < 1.29 is 0 Å². The molecule has 3 N–H and O–H groups in total. The van der Waals surface area contributed by atoms with E-state index in [1.54, 1.807) is 4.68 Å². The molecule has 130 valence electrons. The summed E-state index contributed by atoms with van der Waals surface area (Å²) >= 11 is 0. The number of fused-ring (bicyclic) bond motifs is 1. The molecule has 0 aliphatic heterocycles. The first kappa shape index (κ1) is 17.2. The van der Waals surface area contributed by atoms with Gasteiger partial charge in [0.15, 0.2) is 0 Å². The number of hydrogen-bond acceptors (Lipinski definition) is 2. The molecule has 3 nitrogen and oxygen atoms in total. The number of benzene rings is 2. The summed E-state index contributed by atoms with van der Waals surface area (Å²) in [4.78, 5) is 0. The number of nitrogen functional groups attached to an aromatic ring is 1. The van der Waals surface area contributed by atoms with Gasteiger partial charge in [-0.3, -0.25) is 4.68 Å². The molecule has 0 fully saturated rings. The van der Waals surface area contributed by atoms with Crippen LogP contribution in [0, 0.1) is 6.92 Å². The number of aromatic nitrogens is 1. The fraction of sp³-hybridized carbons (Fsp3) is 0.273. The third-order valence-corrected chi connectivity index (χ3v) is 5.04. The van der Waals surface area contributed by atoms with Gasteiger partial charge in [0.05, 0.1) is 5.52 Å². The van der Waals surface area contributed by atoms with Crippen molar-refractivity contribution in [1.29, 1.82) is 0 Å². The average Bonchev–Trinajstić information content (AvgIpc) is 2.87. The van der Waals surface area contributed by atoms with E-state index in [4.69, 9.17) is 5.84 Å². The first-order chi connectivity index (χ1) is 12.0. The van der Waals surface area contributed by atoms with Gasteiger partial charge in [0.1, 0.15) is 0 Å². The highest BCUT2D eigenvalue weighted by molar-refractivity contribution is 5.91. The minimum absolute atomic E-state index is 0.0467. The Kier molecular flexibility index (Phi) is 4.58. The molecule has 0 saturated heterocycles. The smallest absolute Gasteiger partial charge is 0.0699 e. The zero-order valence-corrected chi connectivity index (χ0v) is 15.5. The summed E-state index contributed by atoms with van der Waals surface area (Å²) in [5.41, 5.74) is 5.93. The quantitative estimate of drug-likeness (QED) is 0.639. The molecule has 0 amide bonds. The van der Waals surface area contributed by atoms with E-state index < -0.39 is 0 Å². The van der Waals surface area contributed by atoms with Crippen LogP contribution in [0.3, 0.4) is 0 Å².